The van der Waals surface area contributed by atoms with Crippen LogP contribution >= 0.6 is 0 Å². The number of hydrogen-bond acceptors (Lipinski definition) is 3. The Balaban J connectivity index is 2.87. The van der Waals surface area contributed by atoms with E-state index in [0.717, 1.165) is 6.42 Å². The standard InChI is InChI=1S/C8H17NO4/c1-12-5-3-7-13-6-2-4-9-8(10)11/h9H,2-7H2,1H3,(H,10,11). The highest BCUT2D eigenvalue weighted by Gasteiger charge is 1.93. The molecule has 0 atom stereocenters. The summed E-state index contributed by atoms with van der Waals surface area (Å²) >= 11 is 0. The van der Waals surface area contributed by atoms with Gasteiger partial charge in [-0.15, -0.1) is 0 Å². The third-order valence-electron chi connectivity index (χ3n) is 1.38. The topological polar surface area (TPSA) is 67.8 Å². The highest BCUT2D eigenvalue weighted by molar-refractivity contribution is 5.64. The first-order chi connectivity index (χ1) is 6.27. The SMILES string of the molecule is COCCCOCCCNC(=O)O. The predicted molar refractivity (Wildman–Crippen MR) is 48.0 cm³/mol. The minimum atomic E-state index is -0.987. The van der Waals surface area contributed by atoms with Crippen molar-refractivity contribution >= 4 is 6.09 Å². The van der Waals surface area contributed by atoms with Gasteiger partial charge in [-0.05, 0) is 12.8 Å². The van der Waals surface area contributed by atoms with E-state index in [9.17, 15) is 4.79 Å². The van der Waals surface area contributed by atoms with Gasteiger partial charge in [0.1, 0.15) is 0 Å². The minimum absolute atomic E-state index is 0.444. The Morgan fingerprint density at radius 2 is 2.00 bits per heavy atom. The van der Waals surface area contributed by atoms with Gasteiger partial charge in [-0.3, -0.25) is 0 Å². The molecule has 5 heteroatoms. The van der Waals surface area contributed by atoms with Crippen LogP contribution in [0.2, 0.25) is 0 Å². The highest BCUT2D eigenvalue weighted by atomic mass is 16.5. The van der Waals surface area contributed by atoms with E-state index in [1.165, 1.54) is 0 Å². The van der Waals surface area contributed by atoms with Crippen molar-refractivity contribution in [2.45, 2.75) is 12.8 Å². The maximum absolute atomic E-state index is 10.0. The summed E-state index contributed by atoms with van der Waals surface area (Å²) in [6, 6.07) is 0. The quantitative estimate of drug-likeness (QED) is 0.554. The van der Waals surface area contributed by atoms with Crippen LogP contribution in [0.3, 0.4) is 0 Å². The predicted octanol–water partition coefficient (Wildman–Crippen LogP) is 0.697. The lowest BCUT2D eigenvalue weighted by Crippen LogP contribution is -2.22. The van der Waals surface area contributed by atoms with Crippen molar-refractivity contribution in [3.63, 3.8) is 0 Å². The Morgan fingerprint density at radius 3 is 2.62 bits per heavy atom. The number of carbonyl (C=O) groups is 1. The maximum atomic E-state index is 10.0. The van der Waals surface area contributed by atoms with Gasteiger partial charge in [0.05, 0.1) is 0 Å². The van der Waals surface area contributed by atoms with E-state index in [2.05, 4.69) is 5.32 Å². The molecule has 0 heterocycles. The molecule has 0 radical (unpaired) electrons. The van der Waals surface area contributed by atoms with Crippen LogP contribution in [0, 0.1) is 0 Å². The Kier molecular flexibility index (Phi) is 8.70. The second-order valence-corrected chi connectivity index (χ2v) is 2.54. The Morgan fingerprint density at radius 1 is 1.31 bits per heavy atom. The average Bonchev–Trinajstić information content (AvgIpc) is 2.09. The van der Waals surface area contributed by atoms with E-state index in [4.69, 9.17) is 14.6 Å². The van der Waals surface area contributed by atoms with E-state index in [-0.39, 0.29) is 0 Å². The molecule has 0 rings (SSSR count). The van der Waals surface area contributed by atoms with E-state index >= 15 is 0 Å². The first kappa shape index (κ1) is 12.2. The average molecular weight is 191 g/mol. The molecule has 0 aromatic carbocycles. The van der Waals surface area contributed by atoms with Crippen LogP contribution in [-0.2, 0) is 9.47 Å². The first-order valence-electron chi connectivity index (χ1n) is 4.31. The molecule has 0 aromatic rings. The minimum Gasteiger partial charge on any atom is -0.465 e. The number of carboxylic acid groups (broad SMARTS) is 1. The van der Waals surface area contributed by atoms with Crippen LogP contribution in [0.1, 0.15) is 12.8 Å². The molecule has 0 aliphatic carbocycles. The van der Waals surface area contributed by atoms with Crippen molar-refractivity contribution in [1.29, 1.82) is 0 Å². The van der Waals surface area contributed by atoms with Gasteiger partial charge >= 0.3 is 6.09 Å². The van der Waals surface area contributed by atoms with Crippen molar-refractivity contribution < 1.29 is 19.4 Å². The van der Waals surface area contributed by atoms with Crippen molar-refractivity contribution in [1.82, 2.24) is 5.32 Å². The van der Waals surface area contributed by atoms with Gasteiger partial charge in [0.15, 0.2) is 0 Å². The van der Waals surface area contributed by atoms with Gasteiger partial charge in [0.2, 0.25) is 0 Å². The summed E-state index contributed by atoms with van der Waals surface area (Å²) in [7, 11) is 1.65. The van der Waals surface area contributed by atoms with Gasteiger partial charge in [-0.2, -0.15) is 0 Å². The normalized spacial score (nSPS) is 9.92. The fourth-order valence-corrected chi connectivity index (χ4v) is 0.777. The zero-order valence-corrected chi connectivity index (χ0v) is 7.91. The monoisotopic (exact) mass is 191 g/mol. The summed E-state index contributed by atoms with van der Waals surface area (Å²) in [5.74, 6) is 0. The van der Waals surface area contributed by atoms with Gasteiger partial charge < -0.3 is 19.9 Å². The van der Waals surface area contributed by atoms with Crippen LogP contribution in [0.4, 0.5) is 4.79 Å². The summed E-state index contributed by atoms with van der Waals surface area (Å²) in [5.41, 5.74) is 0. The summed E-state index contributed by atoms with van der Waals surface area (Å²) < 4.78 is 10.0. The zero-order chi connectivity index (χ0) is 9.94. The molecular weight excluding hydrogens is 174 g/mol. The summed E-state index contributed by atoms with van der Waals surface area (Å²) in [5, 5.41) is 10.5. The van der Waals surface area contributed by atoms with Gasteiger partial charge in [-0.25, -0.2) is 4.79 Å². The molecule has 13 heavy (non-hydrogen) atoms. The van der Waals surface area contributed by atoms with Crippen LogP contribution in [0.15, 0.2) is 0 Å². The lowest BCUT2D eigenvalue weighted by Gasteiger charge is -2.03. The molecule has 2 N–H and O–H groups in total. The van der Waals surface area contributed by atoms with Crippen LogP contribution in [-0.4, -0.2) is 44.7 Å². The summed E-state index contributed by atoms with van der Waals surface area (Å²) in [6.07, 6.45) is 0.599. The van der Waals surface area contributed by atoms with Crippen LogP contribution in [0.5, 0.6) is 0 Å². The Bertz CT molecular complexity index is 129. The van der Waals surface area contributed by atoms with E-state index < -0.39 is 6.09 Å². The molecule has 0 aliphatic heterocycles. The molecule has 0 fully saturated rings. The number of nitrogens with one attached hydrogen (secondary N) is 1. The van der Waals surface area contributed by atoms with Crippen LogP contribution < -0.4 is 5.32 Å². The largest absolute Gasteiger partial charge is 0.465 e. The van der Waals surface area contributed by atoms with Crippen molar-refractivity contribution in [3.8, 4) is 0 Å². The van der Waals surface area contributed by atoms with E-state index in [0.29, 0.717) is 32.8 Å². The second kappa shape index (κ2) is 9.28. The molecule has 0 spiro atoms. The van der Waals surface area contributed by atoms with Gasteiger partial charge in [0.25, 0.3) is 0 Å². The number of methoxy groups -OCH3 is 1. The number of rotatable bonds is 8. The highest BCUT2D eigenvalue weighted by Crippen LogP contribution is 1.85. The third kappa shape index (κ3) is 11.2. The number of hydrogen-bond donors (Lipinski definition) is 2. The molecule has 0 bridgehead atoms. The Labute approximate surface area is 78.0 Å². The van der Waals surface area contributed by atoms with Crippen LogP contribution in [0.25, 0.3) is 0 Å². The fourth-order valence-electron chi connectivity index (χ4n) is 0.777. The molecule has 0 unspecified atom stereocenters. The first-order valence-corrected chi connectivity index (χ1v) is 4.31. The lowest BCUT2D eigenvalue weighted by molar-refractivity contribution is 0.101. The van der Waals surface area contributed by atoms with Crippen molar-refractivity contribution in [2.75, 3.05) is 33.5 Å². The smallest absolute Gasteiger partial charge is 0.404 e. The molecule has 5 nitrogen and oxygen atoms in total. The lowest BCUT2D eigenvalue weighted by atomic mass is 10.4. The third-order valence-corrected chi connectivity index (χ3v) is 1.38. The second-order valence-electron chi connectivity index (χ2n) is 2.54. The molecule has 0 saturated heterocycles. The van der Waals surface area contributed by atoms with E-state index in [1.54, 1.807) is 7.11 Å². The fraction of sp³-hybridized carbons (Fsp3) is 0.875. The van der Waals surface area contributed by atoms with Crippen molar-refractivity contribution in [3.05, 3.63) is 0 Å². The molecule has 0 saturated carbocycles. The summed E-state index contributed by atoms with van der Waals surface area (Å²) in [4.78, 5) is 10.0. The van der Waals surface area contributed by atoms with E-state index in [1.807, 2.05) is 0 Å². The Hall–Kier alpha value is -0.810. The molecule has 0 aromatic heterocycles. The molecular formula is C8H17NO4. The molecule has 78 valence electrons. The molecule has 0 aliphatic rings. The number of amides is 1. The van der Waals surface area contributed by atoms with Crippen molar-refractivity contribution in [2.24, 2.45) is 0 Å². The zero-order valence-electron chi connectivity index (χ0n) is 7.91. The molecule has 1 amide bonds. The van der Waals surface area contributed by atoms with Gasteiger partial charge in [-0.1, -0.05) is 0 Å². The maximum Gasteiger partial charge on any atom is 0.404 e. The number of ether oxygens (including phenoxy) is 2. The summed E-state index contributed by atoms with van der Waals surface area (Å²) in [6.45, 7) is 2.40. The van der Waals surface area contributed by atoms with Gasteiger partial charge in [0, 0.05) is 33.5 Å².